The van der Waals surface area contributed by atoms with E-state index in [2.05, 4.69) is 15.6 Å². The molecular weight excluding hydrogens is 322 g/mol. The molecular formula is C14H17N3O3S2. The lowest BCUT2D eigenvalue weighted by atomic mass is 10.3. The Bertz CT molecular complexity index is 725. The van der Waals surface area contributed by atoms with Crippen molar-refractivity contribution in [3.8, 4) is 0 Å². The second-order valence-electron chi connectivity index (χ2n) is 4.62. The van der Waals surface area contributed by atoms with Crippen LogP contribution in [0.3, 0.4) is 0 Å². The summed E-state index contributed by atoms with van der Waals surface area (Å²) >= 11 is 1.47. The largest absolute Gasteiger partial charge is 0.329 e. The fourth-order valence-corrected chi connectivity index (χ4v) is 3.32. The van der Waals surface area contributed by atoms with Gasteiger partial charge in [0.2, 0.25) is 0 Å². The first-order valence-electron chi connectivity index (χ1n) is 6.72. The van der Waals surface area contributed by atoms with Crippen LogP contribution in [0.15, 0.2) is 40.7 Å². The zero-order valence-electron chi connectivity index (χ0n) is 12.2. The third kappa shape index (κ3) is 4.05. The van der Waals surface area contributed by atoms with Crippen LogP contribution in [0.4, 0.5) is 10.5 Å². The van der Waals surface area contributed by atoms with Gasteiger partial charge in [0.1, 0.15) is 5.01 Å². The highest BCUT2D eigenvalue weighted by atomic mass is 32.2. The number of urea groups is 1. The lowest BCUT2D eigenvalue weighted by Gasteiger charge is -2.12. The molecule has 0 bridgehead atoms. The molecule has 0 aliphatic heterocycles. The number of hydrogen-bond acceptors (Lipinski definition) is 5. The smallest absolute Gasteiger partial charge is 0.319 e. The van der Waals surface area contributed by atoms with Gasteiger partial charge in [-0.2, -0.15) is 0 Å². The Balaban J connectivity index is 1.97. The molecule has 22 heavy (non-hydrogen) atoms. The molecule has 0 saturated heterocycles. The normalized spacial score (nSPS) is 12.6. The van der Waals surface area contributed by atoms with Crippen molar-refractivity contribution in [2.24, 2.45) is 0 Å². The number of nitrogens with zero attached hydrogens (tertiary/aromatic N) is 1. The number of rotatable bonds is 5. The maximum absolute atomic E-state index is 11.9. The van der Waals surface area contributed by atoms with E-state index < -0.39 is 9.84 Å². The minimum atomic E-state index is -3.23. The van der Waals surface area contributed by atoms with Crippen molar-refractivity contribution in [2.45, 2.75) is 24.8 Å². The second kappa shape index (κ2) is 6.89. The number of anilines is 1. The summed E-state index contributed by atoms with van der Waals surface area (Å²) in [5, 5.41) is 8.09. The number of hydrogen-bond donors (Lipinski definition) is 2. The van der Waals surface area contributed by atoms with Crippen LogP contribution < -0.4 is 10.6 Å². The summed E-state index contributed by atoms with van der Waals surface area (Å²) in [6, 6.07) is 5.54. The molecule has 6 nitrogen and oxygen atoms in total. The molecule has 2 aromatic rings. The quantitative estimate of drug-likeness (QED) is 0.877. The monoisotopic (exact) mass is 339 g/mol. The molecule has 0 spiro atoms. The SMILES string of the molecule is CCS(=O)(=O)c1ccc(NC(=O)NC(C)c2nccs2)cc1. The number of aromatic nitrogens is 1. The maximum Gasteiger partial charge on any atom is 0.319 e. The summed E-state index contributed by atoms with van der Waals surface area (Å²) in [6.45, 7) is 3.43. The van der Waals surface area contributed by atoms with Gasteiger partial charge in [-0.15, -0.1) is 11.3 Å². The van der Waals surface area contributed by atoms with E-state index in [4.69, 9.17) is 0 Å². The van der Waals surface area contributed by atoms with Crippen molar-refractivity contribution >= 4 is 32.9 Å². The molecule has 1 heterocycles. The molecule has 1 atom stereocenters. The molecule has 0 aliphatic carbocycles. The van der Waals surface area contributed by atoms with Gasteiger partial charge in [-0.25, -0.2) is 18.2 Å². The summed E-state index contributed by atoms with van der Waals surface area (Å²) in [4.78, 5) is 16.3. The Morgan fingerprint density at radius 1 is 1.32 bits per heavy atom. The first-order valence-corrected chi connectivity index (χ1v) is 9.25. The van der Waals surface area contributed by atoms with Gasteiger partial charge in [-0.3, -0.25) is 0 Å². The molecule has 8 heteroatoms. The Hall–Kier alpha value is -1.93. The molecule has 2 N–H and O–H groups in total. The highest BCUT2D eigenvalue weighted by molar-refractivity contribution is 7.91. The predicted octanol–water partition coefficient (Wildman–Crippen LogP) is 2.82. The van der Waals surface area contributed by atoms with Gasteiger partial charge in [0.25, 0.3) is 0 Å². The van der Waals surface area contributed by atoms with E-state index in [9.17, 15) is 13.2 Å². The van der Waals surface area contributed by atoms with Crippen molar-refractivity contribution in [2.75, 3.05) is 11.1 Å². The summed E-state index contributed by atoms with van der Waals surface area (Å²) in [7, 11) is -3.23. The van der Waals surface area contributed by atoms with E-state index in [1.54, 1.807) is 25.3 Å². The molecule has 2 amide bonds. The zero-order chi connectivity index (χ0) is 16.2. The second-order valence-corrected chi connectivity index (χ2v) is 7.82. The molecule has 0 fully saturated rings. The van der Waals surface area contributed by atoms with Crippen LogP contribution in [0.25, 0.3) is 0 Å². The lowest BCUT2D eigenvalue weighted by Crippen LogP contribution is -2.31. The van der Waals surface area contributed by atoms with Gasteiger partial charge in [0.05, 0.1) is 16.7 Å². The third-order valence-electron chi connectivity index (χ3n) is 3.02. The van der Waals surface area contributed by atoms with Gasteiger partial charge in [0, 0.05) is 17.3 Å². The van der Waals surface area contributed by atoms with Crippen LogP contribution in [0.2, 0.25) is 0 Å². The van der Waals surface area contributed by atoms with Crippen LogP contribution in [0.5, 0.6) is 0 Å². The molecule has 1 unspecified atom stereocenters. The first-order chi connectivity index (χ1) is 10.4. The Kier molecular flexibility index (Phi) is 5.15. The summed E-state index contributed by atoms with van der Waals surface area (Å²) < 4.78 is 23.4. The van der Waals surface area contributed by atoms with Gasteiger partial charge in [0.15, 0.2) is 9.84 Å². The van der Waals surface area contributed by atoms with Gasteiger partial charge in [-0.1, -0.05) is 6.92 Å². The van der Waals surface area contributed by atoms with E-state index in [1.807, 2.05) is 12.3 Å². The van der Waals surface area contributed by atoms with Crippen molar-refractivity contribution < 1.29 is 13.2 Å². The predicted molar refractivity (Wildman–Crippen MR) is 86.9 cm³/mol. The maximum atomic E-state index is 11.9. The fraction of sp³-hybridized carbons (Fsp3) is 0.286. The molecule has 0 radical (unpaired) electrons. The standard InChI is InChI=1S/C14H17N3O3S2/c1-3-22(19,20)12-6-4-11(5-7-12)17-14(18)16-10(2)13-15-8-9-21-13/h4-10H,3H2,1-2H3,(H2,16,17,18). The average Bonchev–Trinajstić information content (AvgIpc) is 3.02. The van der Waals surface area contributed by atoms with Gasteiger partial charge >= 0.3 is 6.03 Å². The van der Waals surface area contributed by atoms with E-state index in [1.165, 1.54) is 23.5 Å². The van der Waals surface area contributed by atoms with E-state index in [0.29, 0.717) is 5.69 Å². The molecule has 2 rings (SSSR count). The summed E-state index contributed by atoms with van der Waals surface area (Å²) in [5.41, 5.74) is 0.527. The van der Waals surface area contributed by atoms with E-state index >= 15 is 0 Å². The first kappa shape index (κ1) is 16.4. The van der Waals surface area contributed by atoms with E-state index in [0.717, 1.165) is 5.01 Å². The summed E-state index contributed by atoms with van der Waals surface area (Å²) in [6.07, 6.45) is 1.68. The Labute approximate surface area is 133 Å². The minimum Gasteiger partial charge on any atom is -0.329 e. The van der Waals surface area contributed by atoms with Crippen molar-refractivity contribution in [1.82, 2.24) is 10.3 Å². The van der Waals surface area contributed by atoms with Crippen molar-refractivity contribution in [1.29, 1.82) is 0 Å². The number of carbonyl (C=O) groups excluding carboxylic acids is 1. The summed E-state index contributed by atoms with van der Waals surface area (Å²) in [5.74, 6) is 0.0472. The van der Waals surface area contributed by atoms with Crippen LogP contribution in [0, 0.1) is 0 Å². The molecule has 118 valence electrons. The zero-order valence-corrected chi connectivity index (χ0v) is 13.9. The molecule has 0 aliphatic rings. The van der Waals surface area contributed by atoms with Crippen LogP contribution in [-0.4, -0.2) is 25.2 Å². The van der Waals surface area contributed by atoms with Crippen LogP contribution >= 0.6 is 11.3 Å². The number of benzene rings is 1. The number of sulfone groups is 1. The van der Waals surface area contributed by atoms with Crippen LogP contribution in [-0.2, 0) is 9.84 Å². The Morgan fingerprint density at radius 2 is 2.00 bits per heavy atom. The topological polar surface area (TPSA) is 88.2 Å². The number of carbonyl (C=O) groups is 1. The van der Waals surface area contributed by atoms with E-state index in [-0.39, 0.29) is 22.7 Å². The molecule has 1 aromatic heterocycles. The van der Waals surface area contributed by atoms with Gasteiger partial charge < -0.3 is 10.6 Å². The number of amides is 2. The fourth-order valence-electron chi connectivity index (χ4n) is 1.79. The molecule has 0 saturated carbocycles. The number of nitrogens with one attached hydrogen (secondary N) is 2. The van der Waals surface area contributed by atoms with Gasteiger partial charge in [-0.05, 0) is 31.2 Å². The highest BCUT2D eigenvalue weighted by Crippen LogP contribution is 2.17. The average molecular weight is 339 g/mol. The lowest BCUT2D eigenvalue weighted by molar-refractivity contribution is 0.249. The van der Waals surface area contributed by atoms with Crippen molar-refractivity contribution in [3.63, 3.8) is 0 Å². The van der Waals surface area contributed by atoms with Crippen LogP contribution in [0.1, 0.15) is 24.9 Å². The third-order valence-corrected chi connectivity index (χ3v) is 5.73. The minimum absolute atomic E-state index is 0.0472. The van der Waals surface area contributed by atoms with Crippen molar-refractivity contribution in [3.05, 3.63) is 40.8 Å². The number of thiazole rings is 1. The molecule has 1 aromatic carbocycles. The highest BCUT2D eigenvalue weighted by Gasteiger charge is 2.13. The Morgan fingerprint density at radius 3 is 2.55 bits per heavy atom.